The van der Waals surface area contributed by atoms with Gasteiger partial charge in [-0.05, 0) is 50.2 Å². The number of anilines is 3. The molecule has 0 spiro atoms. The van der Waals surface area contributed by atoms with Gasteiger partial charge in [0.15, 0.2) is 5.72 Å². The maximum Gasteiger partial charge on any atom is 0.417 e. The van der Waals surface area contributed by atoms with Gasteiger partial charge in [0.05, 0.1) is 39.3 Å². The fraction of sp³-hybridized carbons (Fsp3) is 0.300. The highest BCUT2D eigenvalue weighted by molar-refractivity contribution is 6.33. The Morgan fingerprint density at radius 3 is 2.61 bits per heavy atom. The van der Waals surface area contributed by atoms with Gasteiger partial charge in [0.25, 0.3) is 0 Å². The molecule has 1 saturated heterocycles. The zero-order valence-electron chi connectivity index (χ0n) is 17.4. The molecule has 176 valence electrons. The third-order valence-electron chi connectivity index (χ3n) is 4.36. The predicted octanol–water partition coefficient (Wildman–Crippen LogP) is 4.58. The molecular formula is C20H19ClF3N5O4. The molecule has 3 N–H and O–H groups in total. The molecule has 33 heavy (non-hydrogen) atoms. The number of halogens is 4. The van der Waals surface area contributed by atoms with E-state index < -0.39 is 29.1 Å². The van der Waals surface area contributed by atoms with E-state index in [1.807, 2.05) is 0 Å². The van der Waals surface area contributed by atoms with E-state index in [1.165, 1.54) is 29.3 Å². The van der Waals surface area contributed by atoms with E-state index in [4.69, 9.17) is 37.1 Å². The summed E-state index contributed by atoms with van der Waals surface area (Å²) in [6.45, 7) is 3.38. The van der Waals surface area contributed by atoms with Gasteiger partial charge in [-0.15, -0.1) is 4.94 Å². The maximum absolute atomic E-state index is 13.3. The molecule has 0 saturated carbocycles. The van der Waals surface area contributed by atoms with Crippen molar-refractivity contribution in [1.29, 1.82) is 5.26 Å². The number of hydroxylamine groups is 1. The highest BCUT2D eigenvalue weighted by Crippen LogP contribution is 2.40. The third-order valence-corrected chi connectivity index (χ3v) is 4.69. The lowest BCUT2D eigenvalue weighted by molar-refractivity contribution is -0.137. The number of ether oxygens (including phenoxy) is 1. The average molecular weight is 486 g/mol. The summed E-state index contributed by atoms with van der Waals surface area (Å²) < 4.78 is 44.9. The average Bonchev–Trinajstić information content (AvgIpc) is 3.07. The van der Waals surface area contributed by atoms with Crippen LogP contribution in [0.1, 0.15) is 25.0 Å². The molecule has 2 aromatic carbocycles. The Kier molecular flexibility index (Phi) is 6.89. The number of nitrogens with two attached hydrogens (primary N) is 1. The number of nitrogens with zero attached hydrogens (tertiary/aromatic N) is 3. The van der Waals surface area contributed by atoms with Crippen molar-refractivity contribution in [2.45, 2.75) is 25.7 Å². The Bertz CT molecular complexity index is 1090. The molecule has 0 aromatic heterocycles. The number of benzene rings is 2. The predicted molar refractivity (Wildman–Crippen MR) is 113 cm³/mol. The summed E-state index contributed by atoms with van der Waals surface area (Å²) in [5, 5.41) is 13.7. The molecule has 1 amide bonds. The van der Waals surface area contributed by atoms with Crippen LogP contribution in [-0.2, 0) is 20.7 Å². The molecule has 1 fully saturated rings. The summed E-state index contributed by atoms with van der Waals surface area (Å²) >= 11 is 6.14. The summed E-state index contributed by atoms with van der Waals surface area (Å²) in [6.07, 6.45) is -5.51. The first-order chi connectivity index (χ1) is 15.5. The van der Waals surface area contributed by atoms with Crippen LogP contribution in [0.4, 0.5) is 35.0 Å². The van der Waals surface area contributed by atoms with E-state index in [9.17, 15) is 18.0 Å². The van der Waals surface area contributed by atoms with E-state index in [0.29, 0.717) is 5.69 Å². The van der Waals surface area contributed by atoms with Gasteiger partial charge in [0.1, 0.15) is 6.61 Å². The lowest BCUT2D eigenvalue weighted by atomic mass is 10.1. The minimum absolute atomic E-state index is 0.0126. The molecule has 0 bridgehead atoms. The molecule has 1 aliphatic heterocycles. The highest BCUT2D eigenvalue weighted by atomic mass is 35.5. The van der Waals surface area contributed by atoms with Crippen LogP contribution >= 0.6 is 11.6 Å². The van der Waals surface area contributed by atoms with Gasteiger partial charge >= 0.3 is 12.3 Å². The molecule has 13 heteroatoms. The van der Waals surface area contributed by atoms with Crippen LogP contribution in [0, 0.1) is 11.3 Å². The van der Waals surface area contributed by atoms with E-state index in [-0.39, 0.29) is 29.5 Å². The van der Waals surface area contributed by atoms with Crippen molar-refractivity contribution in [3.05, 3.63) is 52.5 Å². The SMILES string of the molecule is CC1(C)ON(c2ccc(C#N)c(C(F)(F)F)c2)ON1c1ccc(Cl)c(NC(=O)OCCN)c1. The smallest absolute Gasteiger partial charge is 0.417 e. The second-order valence-electron chi connectivity index (χ2n) is 7.22. The van der Waals surface area contributed by atoms with Crippen molar-refractivity contribution in [2.75, 3.05) is 28.8 Å². The second kappa shape index (κ2) is 9.32. The first-order valence-electron chi connectivity index (χ1n) is 9.48. The van der Waals surface area contributed by atoms with Gasteiger partial charge in [0.2, 0.25) is 0 Å². The normalized spacial score (nSPS) is 15.3. The van der Waals surface area contributed by atoms with Gasteiger partial charge in [0, 0.05) is 6.54 Å². The summed E-state index contributed by atoms with van der Waals surface area (Å²) in [7, 11) is 0. The maximum atomic E-state index is 13.3. The molecule has 3 rings (SSSR count). The zero-order chi connectivity index (χ0) is 24.4. The van der Waals surface area contributed by atoms with Crippen LogP contribution in [0.25, 0.3) is 0 Å². The van der Waals surface area contributed by atoms with Crippen molar-refractivity contribution in [3.8, 4) is 6.07 Å². The number of amides is 1. The number of alkyl halides is 3. The van der Waals surface area contributed by atoms with Crippen molar-refractivity contribution in [3.63, 3.8) is 0 Å². The van der Waals surface area contributed by atoms with Gasteiger partial charge in [-0.3, -0.25) is 5.32 Å². The van der Waals surface area contributed by atoms with E-state index in [0.717, 1.165) is 17.4 Å². The fourth-order valence-corrected chi connectivity index (χ4v) is 3.06. The largest absolute Gasteiger partial charge is 0.448 e. The summed E-state index contributed by atoms with van der Waals surface area (Å²) in [5.74, 6) is 0. The minimum atomic E-state index is -4.74. The lowest BCUT2D eigenvalue weighted by Gasteiger charge is -2.26. The molecule has 1 aliphatic rings. The Labute approximate surface area is 191 Å². The van der Waals surface area contributed by atoms with Crippen molar-refractivity contribution in [1.82, 2.24) is 0 Å². The summed E-state index contributed by atoms with van der Waals surface area (Å²) in [4.78, 5) is 23.2. The van der Waals surface area contributed by atoms with Crippen LogP contribution < -0.4 is 21.3 Å². The van der Waals surface area contributed by atoms with Gasteiger partial charge in [-0.2, -0.15) is 23.5 Å². The highest BCUT2D eigenvalue weighted by Gasteiger charge is 2.43. The number of hydrogen-bond acceptors (Lipinski definition) is 8. The van der Waals surface area contributed by atoms with Crippen LogP contribution in [0.15, 0.2) is 36.4 Å². The van der Waals surface area contributed by atoms with E-state index in [2.05, 4.69) is 5.32 Å². The second-order valence-corrected chi connectivity index (χ2v) is 7.63. The number of carbonyl (C=O) groups excluding carboxylic acids is 1. The summed E-state index contributed by atoms with van der Waals surface area (Å²) in [5.41, 5.74) is 2.94. The first kappa shape index (κ1) is 24.4. The quantitative estimate of drug-likeness (QED) is 0.632. The standard InChI is InChI=1S/C20H19ClF3N5O4/c1-19(2)28(13-5-6-16(21)17(10-13)27-18(30)31-8-7-25)33-29(32-19)14-4-3-12(11-26)15(9-14)20(22,23)24/h3-6,9-10H,7-8,25H2,1-2H3,(H,27,30). The van der Waals surface area contributed by atoms with Crippen molar-refractivity contribution >= 4 is 34.8 Å². The topological polar surface area (TPSA) is 113 Å². The van der Waals surface area contributed by atoms with E-state index in [1.54, 1.807) is 19.9 Å². The minimum Gasteiger partial charge on any atom is -0.448 e. The monoisotopic (exact) mass is 485 g/mol. The number of rotatable bonds is 5. The van der Waals surface area contributed by atoms with Crippen LogP contribution in [0.3, 0.4) is 0 Å². The third kappa shape index (κ3) is 5.40. The van der Waals surface area contributed by atoms with Crippen molar-refractivity contribution < 1.29 is 32.5 Å². The Morgan fingerprint density at radius 2 is 1.97 bits per heavy atom. The van der Waals surface area contributed by atoms with Crippen molar-refractivity contribution in [2.24, 2.45) is 5.73 Å². The number of nitrogens with one attached hydrogen (secondary N) is 1. The molecule has 0 radical (unpaired) electrons. The van der Waals surface area contributed by atoms with E-state index >= 15 is 0 Å². The Hall–Kier alpha value is -3.24. The Balaban J connectivity index is 1.88. The molecule has 0 aliphatic carbocycles. The van der Waals surface area contributed by atoms with Crippen LogP contribution in [-0.4, -0.2) is 25.0 Å². The van der Waals surface area contributed by atoms with Crippen LogP contribution in [0.5, 0.6) is 0 Å². The molecule has 0 unspecified atom stereocenters. The first-order valence-corrected chi connectivity index (χ1v) is 9.86. The van der Waals surface area contributed by atoms with Gasteiger partial charge in [-0.25, -0.2) is 9.63 Å². The molecular weight excluding hydrogens is 467 g/mol. The molecule has 1 heterocycles. The lowest BCUT2D eigenvalue weighted by Crippen LogP contribution is -2.38. The summed E-state index contributed by atoms with van der Waals surface area (Å²) in [6, 6.07) is 9.07. The van der Waals surface area contributed by atoms with Crippen LogP contribution in [0.2, 0.25) is 5.02 Å². The number of carbonyl (C=O) groups is 1. The molecule has 2 aromatic rings. The Morgan fingerprint density at radius 1 is 1.27 bits per heavy atom. The number of hydrogen-bond donors (Lipinski definition) is 2. The van der Waals surface area contributed by atoms with Gasteiger partial charge in [-0.1, -0.05) is 16.8 Å². The number of nitriles is 1. The molecule has 0 atom stereocenters. The molecule has 9 nitrogen and oxygen atoms in total. The fourth-order valence-electron chi connectivity index (χ4n) is 2.90. The zero-order valence-corrected chi connectivity index (χ0v) is 18.2. The van der Waals surface area contributed by atoms with Gasteiger partial charge < -0.3 is 10.5 Å².